The highest BCUT2D eigenvalue weighted by Gasteiger charge is 2.52. The van der Waals surface area contributed by atoms with E-state index in [4.69, 9.17) is 0 Å². The first-order valence-corrected chi connectivity index (χ1v) is 11.7. The first-order chi connectivity index (χ1) is 14.5. The first-order valence-electron chi connectivity index (χ1n) is 10.8. The Labute approximate surface area is 180 Å². The molecule has 5 rings (SSSR count). The average Bonchev–Trinajstić information content (AvgIpc) is 3.31. The van der Waals surface area contributed by atoms with E-state index < -0.39 is 6.04 Å². The van der Waals surface area contributed by atoms with Gasteiger partial charge in [-0.1, -0.05) is 18.6 Å². The van der Waals surface area contributed by atoms with E-state index in [0.717, 1.165) is 60.7 Å². The lowest BCUT2D eigenvalue weighted by molar-refractivity contribution is -0.135. The monoisotopic (exact) mass is 425 g/mol. The summed E-state index contributed by atoms with van der Waals surface area (Å²) in [7, 11) is 0. The van der Waals surface area contributed by atoms with Crippen LogP contribution >= 0.6 is 11.8 Å². The van der Waals surface area contributed by atoms with Crippen LogP contribution in [0.1, 0.15) is 50.4 Å². The smallest absolute Gasteiger partial charge is 0.248 e. The van der Waals surface area contributed by atoms with Crippen molar-refractivity contribution in [3.05, 3.63) is 29.6 Å². The lowest BCUT2D eigenvalue weighted by atomic mass is 10.1. The fourth-order valence-electron chi connectivity index (χ4n) is 4.83. The number of fused-ring (bicyclic) bond motifs is 2. The predicted octanol–water partition coefficient (Wildman–Crippen LogP) is 3.37. The Balaban J connectivity index is 1.41. The summed E-state index contributed by atoms with van der Waals surface area (Å²) in [5, 5.41) is 11.9. The lowest BCUT2D eigenvalue weighted by Gasteiger charge is -2.30. The summed E-state index contributed by atoms with van der Waals surface area (Å²) in [5.41, 5.74) is 2.72. The predicted molar refractivity (Wildman–Crippen MR) is 117 cm³/mol. The standard InChI is InChI=1S/C22H27N5O2S/c1-14-7-8-15(20-25-24-18-6-4-3-5-11-26(18)20)12-16(14)23-21(29)17-13-30-22(2)10-9-19(28)27(17)22/h7-8,12,17H,3-6,9-11,13H2,1-2H3,(H,23,29)/t17-,22+/m0/s1. The molecule has 0 aliphatic carbocycles. The van der Waals surface area contributed by atoms with Crippen LogP contribution in [0.2, 0.25) is 0 Å². The van der Waals surface area contributed by atoms with Gasteiger partial charge in [-0.05, 0) is 44.7 Å². The van der Waals surface area contributed by atoms with Crippen molar-refractivity contribution in [3.8, 4) is 11.4 Å². The highest BCUT2D eigenvalue weighted by atomic mass is 32.2. The molecule has 158 valence electrons. The summed E-state index contributed by atoms with van der Waals surface area (Å²) < 4.78 is 2.21. The summed E-state index contributed by atoms with van der Waals surface area (Å²) >= 11 is 1.71. The van der Waals surface area contributed by atoms with Gasteiger partial charge >= 0.3 is 0 Å². The molecule has 0 unspecified atom stereocenters. The zero-order valence-electron chi connectivity index (χ0n) is 17.5. The molecule has 0 bridgehead atoms. The number of anilines is 1. The molecule has 1 N–H and O–H groups in total. The molecule has 0 saturated carbocycles. The van der Waals surface area contributed by atoms with Gasteiger partial charge in [-0.2, -0.15) is 0 Å². The molecular weight excluding hydrogens is 398 g/mol. The second-order valence-corrected chi connectivity index (χ2v) is 10.2. The number of aromatic nitrogens is 3. The highest BCUT2D eigenvalue weighted by molar-refractivity contribution is 8.01. The molecule has 0 radical (unpaired) electrons. The number of hydrogen-bond donors (Lipinski definition) is 1. The Bertz CT molecular complexity index is 1020. The van der Waals surface area contributed by atoms with Crippen molar-refractivity contribution in [2.75, 3.05) is 11.1 Å². The maximum absolute atomic E-state index is 13.1. The van der Waals surface area contributed by atoms with Gasteiger partial charge in [-0.3, -0.25) is 9.59 Å². The third-order valence-corrected chi connectivity index (χ3v) is 8.12. The Morgan fingerprint density at radius 3 is 2.97 bits per heavy atom. The van der Waals surface area contributed by atoms with Gasteiger partial charge in [0.15, 0.2) is 5.82 Å². The second kappa shape index (κ2) is 7.41. The molecule has 2 atom stereocenters. The normalized spacial score (nSPS) is 25.7. The Hall–Kier alpha value is -2.35. The van der Waals surface area contributed by atoms with Crippen LogP contribution < -0.4 is 5.32 Å². The zero-order chi connectivity index (χ0) is 20.9. The van der Waals surface area contributed by atoms with E-state index in [1.807, 2.05) is 25.1 Å². The number of benzene rings is 1. The minimum absolute atomic E-state index is 0.0827. The number of rotatable bonds is 3. The molecular formula is C22H27N5O2S. The number of hydrogen-bond acceptors (Lipinski definition) is 5. The number of nitrogens with zero attached hydrogens (tertiary/aromatic N) is 4. The van der Waals surface area contributed by atoms with Crippen molar-refractivity contribution >= 4 is 29.3 Å². The van der Waals surface area contributed by atoms with Gasteiger partial charge in [-0.25, -0.2) is 0 Å². The van der Waals surface area contributed by atoms with Crippen molar-refractivity contribution in [1.82, 2.24) is 19.7 Å². The van der Waals surface area contributed by atoms with Crippen LogP contribution in [0.3, 0.4) is 0 Å². The molecule has 8 heteroatoms. The summed E-state index contributed by atoms with van der Waals surface area (Å²) in [6.07, 6.45) is 5.80. The molecule has 2 saturated heterocycles. The Kier molecular flexibility index (Phi) is 4.84. The van der Waals surface area contributed by atoms with Crippen LogP contribution in [-0.2, 0) is 22.6 Å². The molecule has 2 aromatic rings. The lowest BCUT2D eigenvalue weighted by Crippen LogP contribution is -2.48. The van der Waals surface area contributed by atoms with Gasteiger partial charge in [0.1, 0.15) is 11.9 Å². The average molecular weight is 426 g/mol. The third-order valence-electron chi connectivity index (χ3n) is 6.61. The van der Waals surface area contributed by atoms with Gasteiger partial charge in [0.05, 0.1) is 4.87 Å². The number of nitrogens with one attached hydrogen (secondary N) is 1. The van der Waals surface area contributed by atoms with Crippen LogP contribution in [0.4, 0.5) is 5.69 Å². The largest absolute Gasteiger partial charge is 0.324 e. The quantitative estimate of drug-likeness (QED) is 0.816. The number of carbonyl (C=O) groups is 2. The maximum Gasteiger partial charge on any atom is 0.248 e. The molecule has 0 spiro atoms. The Morgan fingerprint density at radius 2 is 2.10 bits per heavy atom. The third kappa shape index (κ3) is 3.21. The summed E-state index contributed by atoms with van der Waals surface area (Å²) in [4.78, 5) is 27.1. The number of amides is 2. The SMILES string of the molecule is Cc1ccc(-c2nnc3n2CCCCC3)cc1NC(=O)[C@@H]1CS[C@]2(C)CCC(=O)N12. The minimum atomic E-state index is -0.414. The van der Waals surface area contributed by atoms with Crippen molar-refractivity contribution < 1.29 is 9.59 Å². The van der Waals surface area contributed by atoms with E-state index >= 15 is 0 Å². The second-order valence-electron chi connectivity index (χ2n) is 8.69. The van der Waals surface area contributed by atoms with Crippen LogP contribution in [-0.4, -0.2) is 48.1 Å². The molecule has 4 heterocycles. The summed E-state index contributed by atoms with van der Waals surface area (Å²) in [5.74, 6) is 2.52. The highest BCUT2D eigenvalue weighted by Crippen LogP contribution is 2.47. The Morgan fingerprint density at radius 1 is 1.23 bits per heavy atom. The number of carbonyl (C=O) groups excluding carboxylic acids is 2. The van der Waals surface area contributed by atoms with Crippen LogP contribution in [0.25, 0.3) is 11.4 Å². The summed E-state index contributed by atoms with van der Waals surface area (Å²) in [6, 6.07) is 5.63. The van der Waals surface area contributed by atoms with E-state index in [1.165, 1.54) is 6.42 Å². The molecule has 2 fully saturated rings. The van der Waals surface area contributed by atoms with Crippen molar-refractivity contribution in [1.29, 1.82) is 0 Å². The summed E-state index contributed by atoms with van der Waals surface area (Å²) in [6.45, 7) is 4.99. The van der Waals surface area contributed by atoms with E-state index in [-0.39, 0.29) is 16.7 Å². The fourth-order valence-corrected chi connectivity index (χ4v) is 6.26. The van der Waals surface area contributed by atoms with Gasteiger partial charge in [0.25, 0.3) is 0 Å². The van der Waals surface area contributed by atoms with Crippen molar-refractivity contribution in [2.45, 2.75) is 69.8 Å². The van der Waals surface area contributed by atoms with Gasteiger partial charge in [-0.15, -0.1) is 22.0 Å². The zero-order valence-corrected chi connectivity index (χ0v) is 18.3. The fraction of sp³-hybridized carbons (Fsp3) is 0.545. The molecule has 3 aliphatic heterocycles. The molecule has 2 amide bonds. The molecule has 7 nitrogen and oxygen atoms in total. The molecule has 30 heavy (non-hydrogen) atoms. The van der Waals surface area contributed by atoms with E-state index in [2.05, 4.69) is 27.0 Å². The maximum atomic E-state index is 13.1. The van der Waals surface area contributed by atoms with Crippen molar-refractivity contribution in [3.63, 3.8) is 0 Å². The minimum Gasteiger partial charge on any atom is -0.324 e. The molecule has 3 aliphatic rings. The van der Waals surface area contributed by atoms with Crippen LogP contribution in [0, 0.1) is 6.92 Å². The van der Waals surface area contributed by atoms with Gasteiger partial charge in [0, 0.05) is 36.4 Å². The van der Waals surface area contributed by atoms with E-state index in [9.17, 15) is 9.59 Å². The van der Waals surface area contributed by atoms with Crippen molar-refractivity contribution in [2.24, 2.45) is 0 Å². The van der Waals surface area contributed by atoms with E-state index in [0.29, 0.717) is 12.2 Å². The number of aryl methyl sites for hydroxylation is 2. The van der Waals surface area contributed by atoms with E-state index in [1.54, 1.807) is 16.7 Å². The first kappa shape index (κ1) is 19.6. The van der Waals surface area contributed by atoms with Gasteiger partial charge < -0.3 is 14.8 Å². The number of thioether (sulfide) groups is 1. The molecule has 1 aromatic heterocycles. The van der Waals surface area contributed by atoms with Gasteiger partial charge in [0.2, 0.25) is 11.8 Å². The van der Waals surface area contributed by atoms with Crippen LogP contribution in [0.5, 0.6) is 0 Å². The molecule has 1 aromatic carbocycles. The topological polar surface area (TPSA) is 80.1 Å². The van der Waals surface area contributed by atoms with Crippen LogP contribution in [0.15, 0.2) is 18.2 Å².